The fourth-order valence-electron chi connectivity index (χ4n) is 3.32. The van der Waals surface area contributed by atoms with Crippen LogP contribution in [0.15, 0.2) is 48.4 Å². The third kappa shape index (κ3) is 2.94. The van der Waals surface area contributed by atoms with Gasteiger partial charge in [-0.1, -0.05) is 93.2 Å². The zero-order chi connectivity index (χ0) is 13.8. The van der Waals surface area contributed by atoms with Gasteiger partial charge in [0.15, 0.2) is 7.28 Å². The first-order valence-corrected chi connectivity index (χ1v) is 7.11. The van der Waals surface area contributed by atoms with Crippen molar-refractivity contribution in [1.82, 2.24) is 0 Å². The highest BCUT2D eigenvalue weighted by atomic mass is 14.2. The van der Waals surface area contributed by atoms with Crippen molar-refractivity contribution in [1.29, 1.82) is 0 Å². The van der Waals surface area contributed by atoms with Crippen molar-refractivity contribution in [3.63, 3.8) is 0 Å². The molecule has 0 aromatic heterocycles. The Morgan fingerprint density at radius 1 is 1.06 bits per heavy atom. The van der Waals surface area contributed by atoms with Crippen molar-refractivity contribution >= 4 is 21.6 Å². The molecule has 1 aliphatic rings. The lowest BCUT2D eigenvalue weighted by Crippen LogP contribution is -2.44. The lowest BCUT2D eigenvalue weighted by Gasteiger charge is -2.44. The van der Waals surface area contributed by atoms with Gasteiger partial charge in [-0.05, 0) is 0 Å². The number of hydrogen-bond acceptors (Lipinski definition) is 0. The van der Waals surface area contributed by atoms with Crippen LogP contribution in [0.1, 0.15) is 27.7 Å². The second kappa shape index (κ2) is 6.36. The van der Waals surface area contributed by atoms with Crippen molar-refractivity contribution < 1.29 is 0 Å². The van der Waals surface area contributed by atoms with E-state index in [0.717, 1.165) is 19.0 Å². The summed E-state index contributed by atoms with van der Waals surface area (Å²) in [4.78, 5) is 0. The van der Waals surface area contributed by atoms with Gasteiger partial charge in [-0.2, -0.15) is 0 Å². The van der Waals surface area contributed by atoms with E-state index in [9.17, 15) is 0 Å². The van der Waals surface area contributed by atoms with Gasteiger partial charge in [-0.15, -0.1) is 0 Å². The average molecular weight is 238 g/mol. The first-order chi connectivity index (χ1) is 8.47. The van der Waals surface area contributed by atoms with Crippen LogP contribution in [0.2, 0.25) is 5.21 Å². The molecule has 94 valence electrons. The van der Waals surface area contributed by atoms with Crippen LogP contribution < -0.4 is 0 Å². The normalized spacial score (nSPS) is 18.6. The highest BCUT2D eigenvalue weighted by Crippen LogP contribution is 2.45. The summed E-state index contributed by atoms with van der Waals surface area (Å²) < 4.78 is 0. The molecule has 0 saturated heterocycles. The zero-order valence-electron chi connectivity index (χ0n) is 12.5. The molecule has 0 aliphatic carbocycles. The molecule has 0 aromatic rings. The lowest BCUT2D eigenvalue weighted by atomic mass is 9.10. The average Bonchev–Trinajstić information content (AvgIpc) is 2.35. The Hall–Kier alpha value is -0.845. The van der Waals surface area contributed by atoms with Gasteiger partial charge in [0.1, 0.15) is 7.17 Å². The first kappa shape index (κ1) is 15.2. The second-order valence-corrected chi connectivity index (χ2v) is 6.07. The van der Waals surface area contributed by atoms with Crippen molar-refractivity contribution in [3.8, 4) is 0 Å². The third-order valence-electron chi connectivity index (χ3n) is 4.77. The molecule has 0 N–H and O–H groups in total. The molecule has 0 atom stereocenters. The van der Waals surface area contributed by atoms with Crippen molar-refractivity contribution in [2.45, 2.75) is 32.9 Å². The minimum Gasteiger partial charge on any atom is -0.0997 e. The fourth-order valence-corrected chi connectivity index (χ4v) is 3.32. The molecule has 0 amide bonds. The van der Waals surface area contributed by atoms with Crippen molar-refractivity contribution in [3.05, 3.63) is 48.4 Å². The predicted octanol–water partition coefficient (Wildman–Crippen LogP) is 2.79. The summed E-state index contributed by atoms with van der Waals surface area (Å²) in [7, 11) is 3.62. The molecule has 0 saturated carbocycles. The molecular weight excluding hydrogens is 213 g/mol. The van der Waals surface area contributed by atoms with Crippen LogP contribution in [0.4, 0.5) is 0 Å². The van der Waals surface area contributed by atoms with E-state index in [-0.39, 0.29) is 0 Å². The van der Waals surface area contributed by atoms with Crippen LogP contribution in [0, 0.1) is 11.8 Å². The standard InChI is InChI=1S/C15H25B3/c1-7-9-10-14-13(8-2)17-18-15(16-14,11(3)4)12(5)6/h7-12,16-18H,1-2H2,3-6H3/b10-9-. The van der Waals surface area contributed by atoms with E-state index >= 15 is 0 Å². The molecule has 18 heavy (non-hydrogen) atoms. The largest absolute Gasteiger partial charge is 0.155 e. The third-order valence-corrected chi connectivity index (χ3v) is 4.77. The summed E-state index contributed by atoms with van der Waals surface area (Å²) in [6.45, 7) is 17.2. The Labute approximate surface area is 115 Å². The molecule has 1 heterocycles. The van der Waals surface area contributed by atoms with E-state index in [1.165, 1.54) is 25.4 Å². The zero-order valence-corrected chi connectivity index (χ0v) is 12.5. The van der Waals surface area contributed by atoms with Crippen LogP contribution >= 0.6 is 0 Å². The van der Waals surface area contributed by atoms with Gasteiger partial charge in [0.05, 0.1) is 7.17 Å². The van der Waals surface area contributed by atoms with Crippen molar-refractivity contribution in [2.75, 3.05) is 0 Å². The quantitative estimate of drug-likeness (QED) is 0.510. The molecule has 0 fully saturated rings. The Bertz CT molecular complexity index is 367. The van der Waals surface area contributed by atoms with E-state index in [2.05, 4.69) is 53.0 Å². The predicted molar refractivity (Wildman–Crippen MR) is 90.4 cm³/mol. The van der Waals surface area contributed by atoms with Gasteiger partial charge in [-0.25, -0.2) is 0 Å². The van der Waals surface area contributed by atoms with Crippen LogP contribution in [0.25, 0.3) is 0 Å². The van der Waals surface area contributed by atoms with Gasteiger partial charge < -0.3 is 0 Å². The summed E-state index contributed by atoms with van der Waals surface area (Å²) in [5.74, 6) is 1.44. The van der Waals surface area contributed by atoms with Crippen LogP contribution in [0.5, 0.6) is 0 Å². The molecule has 0 aromatic carbocycles. The van der Waals surface area contributed by atoms with E-state index in [1.807, 2.05) is 12.2 Å². The minimum atomic E-state index is 0.438. The molecule has 1 aliphatic heterocycles. The Morgan fingerprint density at radius 2 is 1.67 bits per heavy atom. The first-order valence-electron chi connectivity index (χ1n) is 7.11. The van der Waals surface area contributed by atoms with Gasteiger partial charge in [0.25, 0.3) is 0 Å². The van der Waals surface area contributed by atoms with Crippen LogP contribution in [0.3, 0.4) is 0 Å². The van der Waals surface area contributed by atoms with Gasteiger partial charge >= 0.3 is 0 Å². The molecule has 0 radical (unpaired) electrons. The fraction of sp³-hybridized carbons (Fsp3) is 0.467. The maximum atomic E-state index is 3.96. The molecule has 0 bridgehead atoms. The lowest BCUT2D eigenvalue weighted by molar-refractivity contribution is 0.414. The SMILES string of the molecule is C=C/C=C\C1=C(C=C)BBC(C(C)C)(C(C)C)B1. The number of hydrogen-bond donors (Lipinski definition) is 0. The summed E-state index contributed by atoms with van der Waals surface area (Å²) in [6, 6.07) is 0. The van der Waals surface area contributed by atoms with Gasteiger partial charge in [0.2, 0.25) is 0 Å². The monoisotopic (exact) mass is 238 g/mol. The van der Waals surface area contributed by atoms with Gasteiger partial charge in [0, 0.05) is 0 Å². The number of rotatable bonds is 5. The summed E-state index contributed by atoms with van der Waals surface area (Å²) in [5, 5.41) is 0.438. The van der Waals surface area contributed by atoms with E-state index < -0.39 is 0 Å². The van der Waals surface area contributed by atoms with Crippen molar-refractivity contribution in [2.24, 2.45) is 11.8 Å². The summed E-state index contributed by atoms with van der Waals surface area (Å²) in [6.07, 6.45) is 8.17. The van der Waals surface area contributed by atoms with E-state index in [1.54, 1.807) is 0 Å². The molecular formula is C15H25B3. The topological polar surface area (TPSA) is 0 Å². The molecule has 3 heteroatoms. The molecule has 0 spiro atoms. The van der Waals surface area contributed by atoms with E-state index in [0.29, 0.717) is 5.21 Å². The Morgan fingerprint density at radius 3 is 2.11 bits per heavy atom. The maximum absolute atomic E-state index is 3.96. The van der Waals surface area contributed by atoms with E-state index in [4.69, 9.17) is 0 Å². The molecule has 1 rings (SSSR count). The second-order valence-electron chi connectivity index (χ2n) is 6.07. The van der Waals surface area contributed by atoms with Crippen LogP contribution in [-0.4, -0.2) is 21.6 Å². The highest BCUT2D eigenvalue weighted by Gasteiger charge is 2.41. The number of allylic oxidation sites excluding steroid dienone is 6. The Kier molecular flexibility index (Phi) is 5.37. The Balaban J connectivity index is 3.13. The minimum absolute atomic E-state index is 0.438. The highest BCUT2D eigenvalue weighted by molar-refractivity contribution is 7.11. The summed E-state index contributed by atoms with van der Waals surface area (Å²) >= 11 is 0. The summed E-state index contributed by atoms with van der Waals surface area (Å²) in [5.41, 5.74) is 2.88. The molecule has 0 nitrogen and oxygen atoms in total. The van der Waals surface area contributed by atoms with Crippen LogP contribution in [-0.2, 0) is 0 Å². The van der Waals surface area contributed by atoms with Gasteiger partial charge in [-0.3, -0.25) is 0 Å². The smallest absolute Gasteiger partial charge is 0.0997 e. The molecule has 0 unspecified atom stereocenters. The maximum Gasteiger partial charge on any atom is 0.155 e.